The summed E-state index contributed by atoms with van der Waals surface area (Å²) in [6.07, 6.45) is 1.56. The van der Waals surface area contributed by atoms with Gasteiger partial charge in [0.15, 0.2) is 0 Å². The van der Waals surface area contributed by atoms with Crippen molar-refractivity contribution in [3.63, 3.8) is 0 Å². The number of likely N-dealkylation sites (tertiary alicyclic amines) is 1. The Bertz CT molecular complexity index is 661. The number of piperidine rings is 1. The number of hydrogen-bond donors (Lipinski definition) is 0. The molecule has 150 valence electrons. The number of halogens is 1. The molecule has 1 aromatic rings. The molecule has 0 aromatic heterocycles. The van der Waals surface area contributed by atoms with Gasteiger partial charge in [0.2, 0.25) is 5.91 Å². The summed E-state index contributed by atoms with van der Waals surface area (Å²) in [5.41, 5.74) is 1.04. The summed E-state index contributed by atoms with van der Waals surface area (Å²) >= 11 is 6.15. The summed E-state index contributed by atoms with van der Waals surface area (Å²) < 4.78 is 11.0. The Labute approximate surface area is 167 Å². The SMILES string of the molecule is CCOC(=O)CC(=O)N1CCC(COc2ccc(Cl)cc2C(C)(C)C)CC1. The lowest BCUT2D eigenvalue weighted by Crippen LogP contribution is -2.40. The maximum absolute atomic E-state index is 12.1. The minimum absolute atomic E-state index is 0.0525. The smallest absolute Gasteiger partial charge is 0.315 e. The second-order valence-corrected chi connectivity index (χ2v) is 8.44. The third-order valence-corrected chi connectivity index (χ3v) is 5.03. The number of hydrogen-bond acceptors (Lipinski definition) is 4. The van der Waals surface area contributed by atoms with Crippen LogP contribution in [0.2, 0.25) is 5.02 Å². The van der Waals surface area contributed by atoms with E-state index in [0.29, 0.717) is 37.2 Å². The van der Waals surface area contributed by atoms with Gasteiger partial charge in [0.25, 0.3) is 0 Å². The fourth-order valence-corrected chi connectivity index (χ4v) is 3.39. The average Bonchev–Trinajstić information content (AvgIpc) is 2.60. The van der Waals surface area contributed by atoms with Gasteiger partial charge in [-0.3, -0.25) is 9.59 Å². The van der Waals surface area contributed by atoms with E-state index < -0.39 is 5.97 Å². The molecular formula is C21H30ClNO4. The molecule has 2 rings (SSSR count). The summed E-state index contributed by atoms with van der Waals surface area (Å²) in [5, 5.41) is 0.709. The largest absolute Gasteiger partial charge is 0.493 e. The van der Waals surface area contributed by atoms with Gasteiger partial charge in [0.1, 0.15) is 12.2 Å². The van der Waals surface area contributed by atoms with Gasteiger partial charge in [-0.15, -0.1) is 0 Å². The summed E-state index contributed by atoms with van der Waals surface area (Å²) in [7, 11) is 0. The topological polar surface area (TPSA) is 55.8 Å². The molecule has 0 unspecified atom stereocenters. The van der Waals surface area contributed by atoms with Crippen LogP contribution in [0.4, 0.5) is 0 Å². The van der Waals surface area contributed by atoms with Crippen molar-refractivity contribution >= 4 is 23.5 Å². The Morgan fingerprint density at radius 2 is 1.89 bits per heavy atom. The molecule has 27 heavy (non-hydrogen) atoms. The van der Waals surface area contributed by atoms with Crippen LogP contribution in [0.3, 0.4) is 0 Å². The lowest BCUT2D eigenvalue weighted by Gasteiger charge is -2.32. The van der Waals surface area contributed by atoms with Gasteiger partial charge in [0, 0.05) is 23.7 Å². The summed E-state index contributed by atoms with van der Waals surface area (Å²) in [4.78, 5) is 25.3. The molecule has 0 N–H and O–H groups in total. The first-order valence-electron chi connectivity index (χ1n) is 9.57. The van der Waals surface area contributed by atoms with Crippen LogP contribution in [0.25, 0.3) is 0 Å². The van der Waals surface area contributed by atoms with Crippen LogP contribution in [0.5, 0.6) is 5.75 Å². The minimum atomic E-state index is -0.453. The number of carbonyl (C=O) groups excluding carboxylic acids is 2. The molecule has 1 aromatic carbocycles. The molecule has 0 spiro atoms. The van der Waals surface area contributed by atoms with Gasteiger partial charge in [-0.2, -0.15) is 0 Å². The number of ether oxygens (including phenoxy) is 2. The van der Waals surface area contributed by atoms with Crippen molar-refractivity contribution in [3.05, 3.63) is 28.8 Å². The van der Waals surface area contributed by atoms with Crippen LogP contribution in [-0.2, 0) is 19.7 Å². The first kappa shape index (κ1) is 21.5. The van der Waals surface area contributed by atoms with Crippen molar-refractivity contribution in [2.75, 3.05) is 26.3 Å². The third kappa shape index (κ3) is 6.42. The Balaban J connectivity index is 1.85. The van der Waals surface area contributed by atoms with E-state index in [0.717, 1.165) is 24.2 Å². The predicted molar refractivity (Wildman–Crippen MR) is 106 cm³/mol. The van der Waals surface area contributed by atoms with E-state index in [1.165, 1.54) is 0 Å². The zero-order chi connectivity index (χ0) is 20.0. The lowest BCUT2D eigenvalue weighted by molar-refractivity contribution is -0.149. The quantitative estimate of drug-likeness (QED) is 0.534. The van der Waals surface area contributed by atoms with Crippen LogP contribution in [0, 0.1) is 5.92 Å². The van der Waals surface area contributed by atoms with E-state index in [1.54, 1.807) is 11.8 Å². The Morgan fingerprint density at radius 3 is 2.48 bits per heavy atom. The van der Waals surface area contributed by atoms with Gasteiger partial charge >= 0.3 is 5.97 Å². The molecule has 1 saturated heterocycles. The second-order valence-electron chi connectivity index (χ2n) is 8.01. The van der Waals surface area contributed by atoms with Crippen LogP contribution in [0.1, 0.15) is 52.5 Å². The van der Waals surface area contributed by atoms with Gasteiger partial charge < -0.3 is 14.4 Å². The van der Waals surface area contributed by atoms with Crippen molar-refractivity contribution in [1.82, 2.24) is 4.90 Å². The number of amides is 1. The highest BCUT2D eigenvalue weighted by Crippen LogP contribution is 2.34. The molecular weight excluding hydrogens is 366 g/mol. The molecule has 1 heterocycles. The van der Waals surface area contributed by atoms with E-state index >= 15 is 0 Å². The Morgan fingerprint density at radius 1 is 1.22 bits per heavy atom. The molecule has 6 heteroatoms. The molecule has 1 fully saturated rings. The van der Waals surface area contributed by atoms with Crippen molar-refractivity contribution < 1.29 is 19.1 Å². The lowest BCUT2D eigenvalue weighted by atomic mass is 9.86. The van der Waals surface area contributed by atoms with Gasteiger partial charge in [0.05, 0.1) is 13.2 Å². The molecule has 5 nitrogen and oxygen atoms in total. The molecule has 0 bridgehead atoms. The molecule has 1 aliphatic heterocycles. The molecule has 0 saturated carbocycles. The minimum Gasteiger partial charge on any atom is -0.493 e. The molecule has 0 aliphatic carbocycles. The van der Waals surface area contributed by atoms with Crippen LogP contribution in [-0.4, -0.2) is 43.1 Å². The van der Waals surface area contributed by atoms with Gasteiger partial charge in [-0.1, -0.05) is 32.4 Å². The van der Waals surface area contributed by atoms with E-state index in [4.69, 9.17) is 21.1 Å². The monoisotopic (exact) mass is 395 g/mol. The van der Waals surface area contributed by atoms with E-state index in [-0.39, 0.29) is 17.7 Å². The van der Waals surface area contributed by atoms with Crippen molar-refractivity contribution in [3.8, 4) is 5.75 Å². The maximum atomic E-state index is 12.1. The third-order valence-electron chi connectivity index (χ3n) is 4.79. The summed E-state index contributed by atoms with van der Waals surface area (Å²) in [6.45, 7) is 10.4. The Kier molecular flexibility index (Phi) is 7.54. The number of nitrogens with zero attached hydrogens (tertiary/aromatic N) is 1. The number of carbonyl (C=O) groups is 2. The zero-order valence-corrected chi connectivity index (χ0v) is 17.5. The highest BCUT2D eigenvalue weighted by molar-refractivity contribution is 6.30. The molecule has 1 amide bonds. The van der Waals surface area contributed by atoms with Crippen LogP contribution in [0.15, 0.2) is 18.2 Å². The highest BCUT2D eigenvalue weighted by atomic mass is 35.5. The standard InChI is InChI=1S/C21H30ClNO4/c1-5-26-20(25)13-19(24)23-10-8-15(9-11-23)14-27-18-7-6-16(22)12-17(18)21(2,3)4/h6-7,12,15H,5,8-11,13-14H2,1-4H3. The Hall–Kier alpha value is -1.75. The fraction of sp³-hybridized carbons (Fsp3) is 0.619. The predicted octanol–water partition coefficient (Wildman–Crippen LogP) is 4.21. The summed E-state index contributed by atoms with van der Waals surface area (Å²) in [6, 6.07) is 5.75. The van der Waals surface area contributed by atoms with Crippen LogP contribution >= 0.6 is 11.6 Å². The van der Waals surface area contributed by atoms with E-state index in [1.807, 2.05) is 18.2 Å². The highest BCUT2D eigenvalue weighted by Gasteiger charge is 2.26. The molecule has 1 aliphatic rings. The number of benzene rings is 1. The van der Waals surface area contributed by atoms with Gasteiger partial charge in [-0.05, 0) is 49.3 Å². The molecule has 0 atom stereocenters. The number of esters is 1. The van der Waals surface area contributed by atoms with Crippen LogP contribution < -0.4 is 4.74 Å². The van der Waals surface area contributed by atoms with E-state index in [2.05, 4.69) is 20.8 Å². The normalized spacial score (nSPS) is 15.5. The van der Waals surface area contributed by atoms with Gasteiger partial charge in [-0.25, -0.2) is 0 Å². The average molecular weight is 396 g/mol. The van der Waals surface area contributed by atoms with Crippen molar-refractivity contribution in [1.29, 1.82) is 0 Å². The van der Waals surface area contributed by atoms with E-state index in [9.17, 15) is 9.59 Å². The maximum Gasteiger partial charge on any atom is 0.315 e. The first-order valence-corrected chi connectivity index (χ1v) is 9.94. The second kappa shape index (κ2) is 9.45. The molecule has 0 radical (unpaired) electrons. The van der Waals surface area contributed by atoms with Crippen molar-refractivity contribution in [2.24, 2.45) is 5.92 Å². The fourth-order valence-electron chi connectivity index (χ4n) is 3.22. The first-order chi connectivity index (χ1) is 12.7. The zero-order valence-electron chi connectivity index (χ0n) is 16.7. The summed E-state index contributed by atoms with van der Waals surface area (Å²) in [5.74, 6) is 0.652. The van der Waals surface area contributed by atoms with Crippen molar-refractivity contribution in [2.45, 2.75) is 52.4 Å². The number of rotatable bonds is 6.